The van der Waals surface area contributed by atoms with Gasteiger partial charge in [-0.15, -0.1) is 11.3 Å². The molecule has 0 spiro atoms. The van der Waals surface area contributed by atoms with Crippen molar-refractivity contribution >= 4 is 29.2 Å². The molecule has 0 bridgehead atoms. The number of amides is 2. The fourth-order valence-electron chi connectivity index (χ4n) is 4.65. The van der Waals surface area contributed by atoms with E-state index in [0.717, 1.165) is 60.8 Å². The van der Waals surface area contributed by atoms with Gasteiger partial charge in [-0.2, -0.15) is 5.10 Å². The highest BCUT2D eigenvalue weighted by Gasteiger charge is 2.24. The van der Waals surface area contributed by atoms with Gasteiger partial charge in [-0.1, -0.05) is 24.3 Å². The molecular formula is C27H31N5O2S. The van der Waals surface area contributed by atoms with Crippen molar-refractivity contribution in [2.75, 3.05) is 45.8 Å². The zero-order valence-electron chi connectivity index (χ0n) is 19.9. The zero-order chi connectivity index (χ0) is 24.0. The van der Waals surface area contributed by atoms with E-state index in [-0.39, 0.29) is 11.8 Å². The summed E-state index contributed by atoms with van der Waals surface area (Å²) in [5.41, 5.74) is 2.76. The first kappa shape index (κ1) is 23.5. The molecule has 5 rings (SSSR count). The second-order valence-corrected chi connectivity index (χ2v) is 10.0. The van der Waals surface area contributed by atoms with Crippen LogP contribution >= 0.6 is 11.3 Å². The predicted molar refractivity (Wildman–Crippen MR) is 139 cm³/mol. The molecule has 1 aromatic carbocycles. The Balaban J connectivity index is 1.21. The third-order valence-electron chi connectivity index (χ3n) is 6.67. The van der Waals surface area contributed by atoms with Gasteiger partial charge in [0, 0.05) is 57.1 Å². The van der Waals surface area contributed by atoms with Crippen LogP contribution in [-0.4, -0.2) is 82.1 Å². The second-order valence-electron chi connectivity index (χ2n) is 9.07. The minimum atomic E-state index is -0.00315. The smallest absolute Gasteiger partial charge is 0.246 e. The number of nitrogens with zero attached hydrogens (tertiary/aromatic N) is 5. The van der Waals surface area contributed by atoms with E-state index in [9.17, 15) is 9.59 Å². The second kappa shape index (κ2) is 11.0. The Hall–Kier alpha value is -3.23. The molecule has 2 fully saturated rings. The standard InChI is InChI=1S/C27H31N5O2S/c33-25(31-17-15-29(16-18-31)21-26(34)30-13-5-2-6-14-30)12-11-22-20-32(23-8-3-1-4-9-23)28-27(22)24-10-7-19-35-24/h1,3-4,7-12,19-20H,2,5-6,13-18,21H2/b12-11+. The molecule has 4 heterocycles. The Labute approximate surface area is 210 Å². The van der Waals surface area contributed by atoms with E-state index >= 15 is 0 Å². The lowest BCUT2D eigenvalue weighted by Crippen LogP contribution is -2.51. The highest BCUT2D eigenvalue weighted by atomic mass is 32.1. The fraction of sp³-hybridized carbons (Fsp3) is 0.370. The summed E-state index contributed by atoms with van der Waals surface area (Å²) in [5.74, 6) is 0.220. The topological polar surface area (TPSA) is 61.7 Å². The largest absolute Gasteiger partial charge is 0.342 e. The van der Waals surface area contributed by atoms with Gasteiger partial charge in [-0.25, -0.2) is 4.68 Å². The molecule has 2 aliphatic heterocycles. The van der Waals surface area contributed by atoms with Crippen LogP contribution in [0.25, 0.3) is 22.3 Å². The number of hydrogen-bond donors (Lipinski definition) is 0. The molecule has 182 valence electrons. The van der Waals surface area contributed by atoms with Crippen LogP contribution in [0.2, 0.25) is 0 Å². The lowest BCUT2D eigenvalue weighted by molar-refractivity contribution is -0.134. The maximum atomic E-state index is 12.9. The lowest BCUT2D eigenvalue weighted by atomic mass is 10.1. The third kappa shape index (κ3) is 5.71. The molecule has 3 aromatic rings. The minimum Gasteiger partial charge on any atom is -0.342 e. The zero-order valence-corrected chi connectivity index (χ0v) is 20.7. The number of thiophene rings is 1. The van der Waals surface area contributed by atoms with Gasteiger partial charge in [0.1, 0.15) is 5.69 Å². The molecule has 0 aliphatic carbocycles. The SMILES string of the molecule is O=C(/C=C/c1cn(-c2ccccc2)nc1-c1cccs1)N1CCN(CC(=O)N2CCCCC2)CC1. The summed E-state index contributed by atoms with van der Waals surface area (Å²) in [6.07, 6.45) is 8.93. The summed E-state index contributed by atoms with van der Waals surface area (Å²) in [6, 6.07) is 14.0. The van der Waals surface area contributed by atoms with Crippen molar-refractivity contribution < 1.29 is 9.59 Å². The van der Waals surface area contributed by atoms with Crippen molar-refractivity contribution in [3.8, 4) is 16.3 Å². The van der Waals surface area contributed by atoms with Crippen molar-refractivity contribution in [2.24, 2.45) is 0 Å². The fourth-order valence-corrected chi connectivity index (χ4v) is 5.39. The number of carbonyl (C=O) groups excluding carboxylic acids is 2. The van der Waals surface area contributed by atoms with Crippen LogP contribution in [0.3, 0.4) is 0 Å². The molecule has 2 amide bonds. The Bertz CT molecular complexity index is 1160. The van der Waals surface area contributed by atoms with Gasteiger partial charge in [0.2, 0.25) is 11.8 Å². The van der Waals surface area contributed by atoms with Gasteiger partial charge in [0.05, 0.1) is 17.1 Å². The molecule has 8 heteroatoms. The van der Waals surface area contributed by atoms with E-state index in [1.807, 2.05) is 74.6 Å². The number of hydrogen-bond acceptors (Lipinski definition) is 5. The van der Waals surface area contributed by atoms with Crippen LogP contribution < -0.4 is 0 Å². The average molecular weight is 490 g/mol. The molecule has 2 saturated heterocycles. The Morgan fingerprint density at radius 3 is 2.37 bits per heavy atom. The molecule has 0 unspecified atom stereocenters. The summed E-state index contributed by atoms with van der Waals surface area (Å²) in [5, 5.41) is 6.83. The highest BCUT2D eigenvalue weighted by molar-refractivity contribution is 7.13. The molecule has 0 radical (unpaired) electrons. The maximum absolute atomic E-state index is 12.9. The average Bonchev–Trinajstić information content (AvgIpc) is 3.59. The quantitative estimate of drug-likeness (QED) is 0.495. The summed E-state index contributed by atoms with van der Waals surface area (Å²) in [4.78, 5) is 32.6. The summed E-state index contributed by atoms with van der Waals surface area (Å²) in [6.45, 7) is 4.96. The van der Waals surface area contributed by atoms with Gasteiger partial charge in [-0.3, -0.25) is 14.5 Å². The molecular weight excluding hydrogens is 458 g/mol. The number of rotatable bonds is 6. The molecule has 0 saturated carbocycles. The normalized spacial score (nSPS) is 17.3. The van der Waals surface area contributed by atoms with Crippen LogP contribution in [0.1, 0.15) is 24.8 Å². The Kier molecular flexibility index (Phi) is 7.39. The van der Waals surface area contributed by atoms with Crippen LogP contribution in [0.15, 0.2) is 60.1 Å². The molecule has 35 heavy (non-hydrogen) atoms. The van der Waals surface area contributed by atoms with Crippen molar-refractivity contribution in [1.29, 1.82) is 0 Å². The number of likely N-dealkylation sites (tertiary alicyclic amines) is 1. The van der Waals surface area contributed by atoms with Gasteiger partial charge in [-0.05, 0) is 48.9 Å². The first-order chi connectivity index (χ1) is 17.2. The molecule has 0 atom stereocenters. The molecule has 2 aliphatic rings. The van der Waals surface area contributed by atoms with Crippen molar-refractivity contribution in [3.63, 3.8) is 0 Å². The molecule has 7 nitrogen and oxygen atoms in total. The number of para-hydroxylation sites is 1. The van der Waals surface area contributed by atoms with Crippen LogP contribution in [-0.2, 0) is 9.59 Å². The Morgan fingerprint density at radius 2 is 1.66 bits per heavy atom. The summed E-state index contributed by atoms with van der Waals surface area (Å²) >= 11 is 1.63. The highest BCUT2D eigenvalue weighted by Crippen LogP contribution is 2.28. The lowest BCUT2D eigenvalue weighted by Gasteiger charge is -2.35. The first-order valence-corrected chi connectivity index (χ1v) is 13.2. The first-order valence-electron chi connectivity index (χ1n) is 12.3. The van der Waals surface area contributed by atoms with Crippen molar-refractivity contribution in [3.05, 3.63) is 65.7 Å². The molecule has 0 N–H and O–H groups in total. The van der Waals surface area contributed by atoms with Gasteiger partial charge in [0.15, 0.2) is 0 Å². The number of aromatic nitrogens is 2. The Morgan fingerprint density at radius 1 is 0.886 bits per heavy atom. The third-order valence-corrected chi connectivity index (χ3v) is 7.55. The van der Waals surface area contributed by atoms with E-state index in [0.29, 0.717) is 19.6 Å². The van der Waals surface area contributed by atoms with Gasteiger partial charge < -0.3 is 9.80 Å². The van der Waals surface area contributed by atoms with Crippen molar-refractivity contribution in [2.45, 2.75) is 19.3 Å². The van der Waals surface area contributed by atoms with E-state index in [1.165, 1.54) is 6.42 Å². The van der Waals surface area contributed by atoms with Crippen LogP contribution in [0.4, 0.5) is 0 Å². The number of carbonyl (C=O) groups is 2. The predicted octanol–water partition coefficient (Wildman–Crippen LogP) is 3.77. The summed E-state index contributed by atoms with van der Waals surface area (Å²) in [7, 11) is 0. The number of piperazine rings is 1. The van der Waals surface area contributed by atoms with E-state index < -0.39 is 0 Å². The summed E-state index contributed by atoms with van der Waals surface area (Å²) < 4.78 is 1.86. The van der Waals surface area contributed by atoms with Crippen LogP contribution in [0.5, 0.6) is 0 Å². The van der Waals surface area contributed by atoms with Gasteiger partial charge in [0.25, 0.3) is 0 Å². The van der Waals surface area contributed by atoms with E-state index in [1.54, 1.807) is 17.4 Å². The number of piperidine rings is 1. The maximum Gasteiger partial charge on any atom is 0.246 e. The van der Waals surface area contributed by atoms with Crippen molar-refractivity contribution in [1.82, 2.24) is 24.5 Å². The molecule has 2 aromatic heterocycles. The monoisotopic (exact) mass is 489 g/mol. The van der Waals surface area contributed by atoms with E-state index in [2.05, 4.69) is 4.90 Å². The van der Waals surface area contributed by atoms with E-state index in [4.69, 9.17) is 5.10 Å². The number of benzene rings is 1. The minimum absolute atomic E-state index is 0.00315. The van der Waals surface area contributed by atoms with Gasteiger partial charge >= 0.3 is 0 Å². The van der Waals surface area contributed by atoms with Crippen LogP contribution in [0, 0.1) is 0 Å².